The monoisotopic (exact) mass is 413 g/mol. The molecule has 154 valence electrons. The van der Waals surface area contributed by atoms with Gasteiger partial charge < -0.3 is 10.6 Å². The topological polar surface area (TPSA) is 88.4 Å². The molecule has 0 aliphatic carbocycles. The van der Waals surface area contributed by atoms with Gasteiger partial charge in [-0.25, -0.2) is 9.97 Å². The fourth-order valence-electron chi connectivity index (χ4n) is 3.05. The van der Waals surface area contributed by atoms with Crippen molar-refractivity contribution in [1.82, 2.24) is 19.7 Å². The zero-order valence-electron chi connectivity index (χ0n) is 17.1. The lowest BCUT2D eigenvalue weighted by Gasteiger charge is -2.06. The Balaban J connectivity index is 1.35. The number of hydrogen-bond donors (Lipinski definition) is 2. The fourth-order valence-corrected chi connectivity index (χ4v) is 3.94. The van der Waals surface area contributed by atoms with Crippen LogP contribution in [0.4, 0.5) is 5.13 Å². The second-order valence-corrected chi connectivity index (χ2v) is 8.18. The first-order chi connectivity index (χ1) is 14.0. The molecule has 3 rings (SSSR count). The molecule has 0 aliphatic heterocycles. The third-order valence-electron chi connectivity index (χ3n) is 4.65. The van der Waals surface area contributed by atoms with Crippen molar-refractivity contribution in [1.29, 1.82) is 0 Å². The van der Waals surface area contributed by atoms with Gasteiger partial charge in [0.25, 0.3) is 5.91 Å². The number of fused-ring (bicyclic) bond motifs is 1. The van der Waals surface area contributed by atoms with Crippen LogP contribution in [0.5, 0.6) is 0 Å². The molecular formula is C21H27N5O2S. The molecule has 0 aromatic carbocycles. The number of anilines is 1. The number of pyridine rings is 1. The molecule has 0 saturated heterocycles. The standard InChI is InChI=1S/C21H27N5O2S/c1-14(2)16-13-29-21(24-16)25-18(27)10-5-4-7-11-22-20(28)19-15(3)23-17-9-6-8-12-26(17)19/h6,8-9,12-14H,4-5,7,10-11H2,1-3H3,(H,22,28)(H,24,25,27). The van der Waals surface area contributed by atoms with Crippen molar-refractivity contribution in [3.63, 3.8) is 0 Å². The molecule has 0 bridgehead atoms. The van der Waals surface area contributed by atoms with Gasteiger partial charge in [-0.1, -0.05) is 26.3 Å². The van der Waals surface area contributed by atoms with Gasteiger partial charge in [-0.15, -0.1) is 11.3 Å². The summed E-state index contributed by atoms with van der Waals surface area (Å²) < 4.78 is 1.80. The average Bonchev–Trinajstić information content (AvgIpc) is 3.27. The van der Waals surface area contributed by atoms with Crippen molar-refractivity contribution < 1.29 is 9.59 Å². The van der Waals surface area contributed by atoms with Crippen molar-refractivity contribution >= 4 is 33.9 Å². The summed E-state index contributed by atoms with van der Waals surface area (Å²) in [7, 11) is 0. The summed E-state index contributed by atoms with van der Waals surface area (Å²) in [5.41, 5.74) is 3.06. The summed E-state index contributed by atoms with van der Waals surface area (Å²) in [5, 5.41) is 8.45. The van der Waals surface area contributed by atoms with Crippen molar-refractivity contribution in [2.75, 3.05) is 11.9 Å². The normalized spacial score (nSPS) is 11.2. The maximum atomic E-state index is 12.5. The van der Waals surface area contributed by atoms with Crippen LogP contribution in [0, 0.1) is 6.92 Å². The summed E-state index contributed by atoms with van der Waals surface area (Å²) in [5.74, 6) is 0.222. The van der Waals surface area contributed by atoms with Crippen LogP contribution in [0.25, 0.3) is 5.65 Å². The number of thiazole rings is 1. The van der Waals surface area contributed by atoms with Gasteiger partial charge in [-0.2, -0.15) is 0 Å². The summed E-state index contributed by atoms with van der Waals surface area (Å²) >= 11 is 1.46. The van der Waals surface area contributed by atoms with Gasteiger partial charge in [-0.05, 0) is 37.8 Å². The third-order valence-corrected chi connectivity index (χ3v) is 5.42. The van der Waals surface area contributed by atoms with Crippen molar-refractivity contribution in [2.45, 2.75) is 52.4 Å². The van der Waals surface area contributed by atoms with E-state index in [9.17, 15) is 9.59 Å². The van der Waals surface area contributed by atoms with E-state index in [2.05, 4.69) is 34.4 Å². The second kappa shape index (κ2) is 9.65. The number of unbranched alkanes of at least 4 members (excludes halogenated alkanes) is 2. The SMILES string of the molecule is Cc1nc2ccccn2c1C(=O)NCCCCCC(=O)Nc1nc(C(C)C)cs1. The molecule has 2 N–H and O–H groups in total. The number of imidazole rings is 1. The molecule has 0 unspecified atom stereocenters. The summed E-state index contributed by atoms with van der Waals surface area (Å²) in [6, 6.07) is 5.66. The second-order valence-electron chi connectivity index (χ2n) is 7.32. The van der Waals surface area contributed by atoms with Crippen LogP contribution in [0.3, 0.4) is 0 Å². The molecule has 3 aromatic rings. The first kappa shape index (κ1) is 21.0. The van der Waals surface area contributed by atoms with Crippen LogP contribution >= 0.6 is 11.3 Å². The van der Waals surface area contributed by atoms with Gasteiger partial charge in [0.2, 0.25) is 5.91 Å². The van der Waals surface area contributed by atoms with E-state index >= 15 is 0 Å². The molecule has 0 fully saturated rings. The molecule has 8 heteroatoms. The Labute approximate surface area is 174 Å². The zero-order valence-corrected chi connectivity index (χ0v) is 17.9. The maximum absolute atomic E-state index is 12.5. The van der Waals surface area contributed by atoms with E-state index in [0.717, 1.165) is 30.6 Å². The predicted molar refractivity (Wildman–Crippen MR) is 116 cm³/mol. The van der Waals surface area contributed by atoms with Crippen LogP contribution in [0.15, 0.2) is 29.8 Å². The summed E-state index contributed by atoms with van der Waals surface area (Å²) in [6.07, 6.45) is 4.77. The molecule has 3 heterocycles. The van der Waals surface area contributed by atoms with Gasteiger partial charge in [0, 0.05) is 24.5 Å². The zero-order chi connectivity index (χ0) is 20.8. The van der Waals surface area contributed by atoms with Gasteiger partial charge >= 0.3 is 0 Å². The number of aryl methyl sites for hydroxylation is 1. The number of amides is 2. The van der Waals surface area contributed by atoms with E-state index in [1.807, 2.05) is 36.7 Å². The molecule has 0 atom stereocenters. The molecule has 0 radical (unpaired) electrons. The van der Waals surface area contributed by atoms with Gasteiger partial charge in [0.1, 0.15) is 11.3 Å². The van der Waals surface area contributed by atoms with E-state index < -0.39 is 0 Å². The molecule has 0 saturated carbocycles. The number of hydrogen-bond acceptors (Lipinski definition) is 5. The highest BCUT2D eigenvalue weighted by Crippen LogP contribution is 2.21. The van der Waals surface area contributed by atoms with Gasteiger partial charge in [-0.3, -0.25) is 14.0 Å². The molecule has 0 spiro atoms. The highest BCUT2D eigenvalue weighted by molar-refractivity contribution is 7.13. The number of aromatic nitrogens is 3. The molecule has 0 aliphatic rings. The number of carbonyl (C=O) groups excluding carboxylic acids is 2. The Hall–Kier alpha value is -2.74. The van der Waals surface area contributed by atoms with Crippen LogP contribution in [-0.2, 0) is 4.79 Å². The lowest BCUT2D eigenvalue weighted by atomic mass is 10.2. The quantitative estimate of drug-likeness (QED) is 0.516. The third kappa shape index (κ3) is 5.41. The van der Waals surface area contributed by atoms with Crippen LogP contribution in [0.1, 0.15) is 67.3 Å². The van der Waals surface area contributed by atoms with E-state index in [0.29, 0.717) is 35.4 Å². The molecule has 29 heavy (non-hydrogen) atoms. The van der Waals surface area contributed by atoms with Crippen LogP contribution < -0.4 is 10.6 Å². The van der Waals surface area contributed by atoms with E-state index in [4.69, 9.17) is 0 Å². The van der Waals surface area contributed by atoms with Crippen LogP contribution in [-0.4, -0.2) is 32.7 Å². The minimum atomic E-state index is -0.122. The highest BCUT2D eigenvalue weighted by atomic mass is 32.1. The molecular weight excluding hydrogens is 386 g/mol. The Morgan fingerprint density at radius 3 is 2.76 bits per heavy atom. The average molecular weight is 414 g/mol. The Morgan fingerprint density at radius 2 is 2.00 bits per heavy atom. The minimum absolute atomic E-state index is 0.0138. The summed E-state index contributed by atoms with van der Waals surface area (Å²) in [6.45, 7) is 6.57. The lowest BCUT2D eigenvalue weighted by molar-refractivity contribution is -0.116. The first-order valence-corrected chi connectivity index (χ1v) is 10.8. The van der Waals surface area contributed by atoms with Crippen molar-refractivity contribution in [3.05, 3.63) is 46.9 Å². The smallest absolute Gasteiger partial charge is 0.270 e. The summed E-state index contributed by atoms with van der Waals surface area (Å²) in [4.78, 5) is 33.3. The number of nitrogens with one attached hydrogen (secondary N) is 2. The lowest BCUT2D eigenvalue weighted by Crippen LogP contribution is -2.26. The number of rotatable bonds is 9. The number of carbonyl (C=O) groups is 2. The maximum Gasteiger partial charge on any atom is 0.270 e. The predicted octanol–water partition coefficient (Wildman–Crippen LogP) is 4.15. The fraction of sp³-hybridized carbons (Fsp3) is 0.429. The van der Waals surface area contributed by atoms with Crippen molar-refractivity contribution in [3.8, 4) is 0 Å². The Kier molecular flexibility index (Phi) is 6.98. The molecule has 3 aromatic heterocycles. The Bertz CT molecular complexity index is 992. The van der Waals surface area contributed by atoms with E-state index in [1.165, 1.54) is 11.3 Å². The Morgan fingerprint density at radius 1 is 1.17 bits per heavy atom. The highest BCUT2D eigenvalue weighted by Gasteiger charge is 2.15. The first-order valence-electron chi connectivity index (χ1n) is 9.93. The van der Waals surface area contributed by atoms with Gasteiger partial charge in [0.05, 0.1) is 11.4 Å². The molecule has 7 nitrogen and oxygen atoms in total. The van der Waals surface area contributed by atoms with Gasteiger partial charge in [0.15, 0.2) is 5.13 Å². The van der Waals surface area contributed by atoms with E-state index in [1.54, 1.807) is 4.40 Å². The van der Waals surface area contributed by atoms with E-state index in [-0.39, 0.29) is 11.8 Å². The van der Waals surface area contributed by atoms with Crippen molar-refractivity contribution in [2.24, 2.45) is 0 Å². The minimum Gasteiger partial charge on any atom is -0.351 e. The largest absolute Gasteiger partial charge is 0.351 e. The molecule has 2 amide bonds. The van der Waals surface area contributed by atoms with Crippen LogP contribution in [0.2, 0.25) is 0 Å². The number of nitrogens with zero attached hydrogens (tertiary/aromatic N) is 3.